The van der Waals surface area contributed by atoms with Gasteiger partial charge in [0, 0.05) is 31.0 Å². The average molecular weight is 505 g/mol. The number of nitrogens with zero attached hydrogens (tertiary/aromatic N) is 2. The minimum atomic E-state index is -0.789. The molecule has 0 aliphatic carbocycles. The minimum Gasteiger partial charge on any atom is -0.465 e. The molecule has 0 radical (unpaired) electrons. The average Bonchev–Trinajstić information content (AvgIpc) is 3.18. The monoisotopic (exact) mass is 504 g/mol. The molecule has 4 aliphatic rings. The molecule has 2 fully saturated rings. The van der Waals surface area contributed by atoms with Crippen molar-refractivity contribution in [2.45, 2.75) is 80.7 Å². The Labute approximate surface area is 213 Å². The SMILES string of the molecule is CCCCN1CC=C[C@]23S[C@]4(C)/C=C\CCCOC(=O)[C@@H]4[C@H]2C(=O)N(CCCCCCO)C3C1=O. The maximum Gasteiger partial charge on any atom is 0.311 e. The minimum absolute atomic E-state index is 0.00500. The van der Waals surface area contributed by atoms with E-state index in [2.05, 4.69) is 25.2 Å². The molecule has 0 aromatic rings. The van der Waals surface area contributed by atoms with Crippen LogP contribution in [0.1, 0.15) is 65.2 Å². The summed E-state index contributed by atoms with van der Waals surface area (Å²) in [4.78, 5) is 45.2. The quantitative estimate of drug-likeness (QED) is 0.295. The largest absolute Gasteiger partial charge is 0.465 e. The van der Waals surface area contributed by atoms with Crippen molar-refractivity contribution in [1.29, 1.82) is 0 Å². The van der Waals surface area contributed by atoms with Gasteiger partial charge in [0.15, 0.2) is 0 Å². The lowest BCUT2D eigenvalue weighted by Gasteiger charge is -2.37. The Balaban J connectivity index is 1.73. The highest BCUT2D eigenvalue weighted by molar-refractivity contribution is 8.02. The molecule has 7 nitrogen and oxygen atoms in total. The Kier molecular flexibility index (Phi) is 8.31. The highest BCUT2D eigenvalue weighted by Crippen LogP contribution is 2.65. The van der Waals surface area contributed by atoms with E-state index in [1.54, 1.807) is 16.7 Å². The van der Waals surface area contributed by atoms with Gasteiger partial charge in [0.05, 0.1) is 23.2 Å². The van der Waals surface area contributed by atoms with Crippen LogP contribution in [-0.4, -0.2) is 81.1 Å². The number of carbonyl (C=O) groups is 3. The third kappa shape index (κ3) is 4.80. The second-order valence-corrected chi connectivity index (χ2v) is 12.2. The van der Waals surface area contributed by atoms with Gasteiger partial charge in [-0.1, -0.05) is 50.5 Å². The van der Waals surface area contributed by atoms with Crippen molar-refractivity contribution in [3.63, 3.8) is 0 Å². The van der Waals surface area contributed by atoms with Crippen molar-refractivity contribution in [2.75, 3.05) is 32.8 Å². The Hall–Kier alpha value is -1.80. The molecule has 1 spiro atoms. The summed E-state index contributed by atoms with van der Waals surface area (Å²) in [6.07, 6.45) is 15.1. The van der Waals surface area contributed by atoms with Crippen LogP contribution in [0.4, 0.5) is 0 Å². The Morgan fingerprint density at radius 3 is 2.60 bits per heavy atom. The van der Waals surface area contributed by atoms with E-state index >= 15 is 0 Å². The fourth-order valence-corrected chi connectivity index (χ4v) is 8.37. The fourth-order valence-electron chi connectivity index (χ4n) is 6.22. The van der Waals surface area contributed by atoms with E-state index in [-0.39, 0.29) is 24.4 Å². The molecule has 0 saturated carbocycles. The predicted molar refractivity (Wildman–Crippen MR) is 137 cm³/mol. The predicted octanol–water partition coefficient (Wildman–Crippen LogP) is 3.32. The molecular formula is C27H40N2O5S. The van der Waals surface area contributed by atoms with Crippen molar-refractivity contribution < 1.29 is 24.2 Å². The zero-order valence-electron chi connectivity index (χ0n) is 21.1. The number of hydrogen-bond donors (Lipinski definition) is 1. The molecule has 1 N–H and O–H groups in total. The molecule has 5 atom stereocenters. The van der Waals surface area contributed by atoms with Crippen LogP contribution in [0.3, 0.4) is 0 Å². The maximum atomic E-state index is 14.1. The van der Waals surface area contributed by atoms with Gasteiger partial charge in [0.2, 0.25) is 11.8 Å². The molecule has 1 unspecified atom stereocenters. The lowest BCUT2D eigenvalue weighted by Crippen LogP contribution is -2.53. The van der Waals surface area contributed by atoms with Crippen LogP contribution < -0.4 is 0 Å². The highest BCUT2D eigenvalue weighted by atomic mass is 32.2. The summed E-state index contributed by atoms with van der Waals surface area (Å²) in [6.45, 7) is 6.35. The molecular weight excluding hydrogens is 464 g/mol. The molecule has 2 amide bonds. The number of allylic oxidation sites excluding steroid dienone is 1. The summed E-state index contributed by atoms with van der Waals surface area (Å²) in [5, 5.41) is 9.10. The van der Waals surface area contributed by atoms with Gasteiger partial charge in [0.25, 0.3) is 0 Å². The Morgan fingerprint density at radius 2 is 1.83 bits per heavy atom. The number of thioether (sulfide) groups is 1. The summed E-state index contributed by atoms with van der Waals surface area (Å²) in [5.74, 6) is -1.68. The number of rotatable bonds is 9. The molecule has 4 heterocycles. The first-order chi connectivity index (χ1) is 16.9. The number of fused-ring (bicyclic) bond motifs is 2. The summed E-state index contributed by atoms with van der Waals surface area (Å²) in [5.41, 5.74) is 0. The molecule has 4 aliphatic heterocycles. The standard InChI is InChI=1S/C27H40N2O5S/c1-3-4-15-28-16-12-14-27-20(21-25(33)34-19-11-7-8-13-26(21,2)35-27)23(31)29(22(27)24(28)32)17-9-5-6-10-18-30/h8,12-14,20-22,30H,3-7,9-11,15-19H2,1-2H3/b13-8-/t20-,21-,22?,26+,27-/m0/s1. The van der Waals surface area contributed by atoms with Gasteiger partial charge in [-0.3, -0.25) is 14.4 Å². The van der Waals surface area contributed by atoms with Crippen molar-refractivity contribution in [3.8, 4) is 0 Å². The first-order valence-corrected chi connectivity index (χ1v) is 14.1. The van der Waals surface area contributed by atoms with Gasteiger partial charge >= 0.3 is 5.97 Å². The zero-order valence-corrected chi connectivity index (χ0v) is 21.9. The molecule has 8 heteroatoms. The normalized spacial score (nSPS) is 35.5. The van der Waals surface area contributed by atoms with E-state index in [0.717, 1.165) is 51.4 Å². The number of hydrogen-bond acceptors (Lipinski definition) is 6. The molecule has 4 rings (SSSR count). The number of esters is 1. The van der Waals surface area contributed by atoms with Gasteiger partial charge in [-0.05, 0) is 39.0 Å². The number of likely N-dealkylation sites (tertiary alicyclic amines) is 1. The van der Waals surface area contributed by atoms with Gasteiger partial charge < -0.3 is 19.6 Å². The number of carbonyl (C=O) groups excluding carboxylic acids is 3. The van der Waals surface area contributed by atoms with Crippen molar-refractivity contribution in [1.82, 2.24) is 9.80 Å². The highest BCUT2D eigenvalue weighted by Gasteiger charge is 2.73. The molecule has 0 aromatic carbocycles. The third-order valence-electron chi connectivity index (χ3n) is 7.92. The second-order valence-electron chi connectivity index (χ2n) is 10.4. The number of amides is 2. The first kappa shape index (κ1) is 26.3. The third-order valence-corrected chi connectivity index (χ3v) is 9.72. The van der Waals surface area contributed by atoms with E-state index < -0.39 is 27.4 Å². The maximum absolute atomic E-state index is 14.1. The van der Waals surface area contributed by atoms with Crippen LogP contribution in [0, 0.1) is 11.8 Å². The van der Waals surface area contributed by atoms with Gasteiger partial charge in [0.1, 0.15) is 6.04 Å². The first-order valence-electron chi connectivity index (χ1n) is 13.3. The lowest BCUT2D eigenvalue weighted by molar-refractivity contribution is -0.154. The van der Waals surface area contributed by atoms with Crippen molar-refractivity contribution in [2.24, 2.45) is 11.8 Å². The van der Waals surface area contributed by atoms with Crippen LogP contribution in [0.15, 0.2) is 24.3 Å². The van der Waals surface area contributed by atoms with E-state index in [4.69, 9.17) is 9.84 Å². The summed E-state index contributed by atoms with van der Waals surface area (Å²) >= 11 is 1.61. The van der Waals surface area contributed by atoms with E-state index in [0.29, 0.717) is 26.2 Å². The number of cyclic esters (lactones) is 1. The molecule has 194 valence electrons. The van der Waals surface area contributed by atoms with Gasteiger partial charge in [-0.25, -0.2) is 0 Å². The van der Waals surface area contributed by atoms with Crippen LogP contribution in [-0.2, 0) is 19.1 Å². The smallest absolute Gasteiger partial charge is 0.311 e. The van der Waals surface area contributed by atoms with Crippen LogP contribution in [0.2, 0.25) is 0 Å². The fraction of sp³-hybridized carbons (Fsp3) is 0.741. The summed E-state index contributed by atoms with van der Waals surface area (Å²) in [6, 6.07) is -0.619. The van der Waals surface area contributed by atoms with E-state index in [9.17, 15) is 14.4 Å². The van der Waals surface area contributed by atoms with Crippen LogP contribution >= 0.6 is 11.8 Å². The molecule has 2 saturated heterocycles. The van der Waals surface area contributed by atoms with Crippen LogP contribution in [0.25, 0.3) is 0 Å². The topological polar surface area (TPSA) is 87.2 Å². The van der Waals surface area contributed by atoms with Gasteiger partial charge in [-0.2, -0.15) is 0 Å². The summed E-state index contributed by atoms with van der Waals surface area (Å²) < 4.78 is 4.26. The zero-order chi connectivity index (χ0) is 25.1. The van der Waals surface area contributed by atoms with E-state index in [1.807, 2.05) is 17.9 Å². The number of ether oxygens (including phenoxy) is 1. The number of aliphatic hydroxyl groups excluding tert-OH is 1. The Morgan fingerprint density at radius 1 is 1.03 bits per heavy atom. The number of unbranched alkanes of at least 4 members (excludes halogenated alkanes) is 4. The second kappa shape index (κ2) is 11.1. The van der Waals surface area contributed by atoms with Crippen molar-refractivity contribution in [3.05, 3.63) is 24.3 Å². The lowest BCUT2D eigenvalue weighted by atomic mass is 9.74. The summed E-state index contributed by atoms with van der Waals surface area (Å²) in [7, 11) is 0. The van der Waals surface area contributed by atoms with Gasteiger partial charge in [-0.15, -0.1) is 11.8 Å². The van der Waals surface area contributed by atoms with Crippen molar-refractivity contribution >= 4 is 29.5 Å². The van der Waals surface area contributed by atoms with Crippen LogP contribution in [0.5, 0.6) is 0 Å². The van der Waals surface area contributed by atoms with E-state index in [1.165, 1.54) is 0 Å². The molecule has 35 heavy (non-hydrogen) atoms. The molecule has 0 bridgehead atoms. The molecule has 0 aromatic heterocycles. The Bertz CT molecular complexity index is 876. The number of aliphatic hydroxyl groups is 1.